The molecule has 0 saturated carbocycles. The van der Waals surface area contributed by atoms with Gasteiger partial charge in [0.2, 0.25) is 5.91 Å². The number of nitrogens with zero attached hydrogens (tertiary/aromatic N) is 4. The molecule has 1 N–H and O–H groups in total. The first-order valence-corrected chi connectivity index (χ1v) is 8.87. The summed E-state index contributed by atoms with van der Waals surface area (Å²) >= 11 is 11.9. The third-order valence-corrected chi connectivity index (χ3v) is 4.71. The van der Waals surface area contributed by atoms with Gasteiger partial charge in [-0.15, -0.1) is 0 Å². The molecule has 0 saturated heterocycles. The van der Waals surface area contributed by atoms with E-state index in [4.69, 9.17) is 23.2 Å². The number of hydrogen-bond donors (Lipinski definition) is 1. The Labute approximate surface area is 161 Å². The Bertz CT molecular complexity index is 924. The smallest absolute Gasteiger partial charge is 0.246 e. The lowest BCUT2D eigenvalue weighted by molar-refractivity contribution is -0.116. The van der Waals surface area contributed by atoms with Crippen LogP contribution in [-0.4, -0.2) is 25.5 Å². The van der Waals surface area contributed by atoms with Gasteiger partial charge in [0.05, 0.1) is 34.3 Å². The number of anilines is 1. The minimum atomic E-state index is -0.179. The predicted octanol–water partition coefficient (Wildman–Crippen LogP) is 4.00. The van der Waals surface area contributed by atoms with Gasteiger partial charge in [0.25, 0.3) is 0 Å². The van der Waals surface area contributed by atoms with Crippen LogP contribution in [0.15, 0.2) is 30.5 Å². The van der Waals surface area contributed by atoms with Gasteiger partial charge in [-0.1, -0.05) is 35.3 Å². The Hall–Kier alpha value is -2.31. The van der Waals surface area contributed by atoms with Gasteiger partial charge >= 0.3 is 0 Å². The van der Waals surface area contributed by atoms with Gasteiger partial charge in [-0.3, -0.25) is 14.2 Å². The summed E-state index contributed by atoms with van der Waals surface area (Å²) in [4.78, 5) is 12.3. The summed E-state index contributed by atoms with van der Waals surface area (Å²) in [6, 6.07) is 7.62. The van der Waals surface area contributed by atoms with Gasteiger partial charge in [0.1, 0.15) is 6.54 Å². The lowest BCUT2D eigenvalue weighted by Gasteiger charge is -2.08. The molecule has 0 aliphatic carbocycles. The lowest BCUT2D eigenvalue weighted by Crippen LogP contribution is -2.20. The Balaban J connectivity index is 1.72. The van der Waals surface area contributed by atoms with Crippen LogP contribution in [0.5, 0.6) is 0 Å². The van der Waals surface area contributed by atoms with Crippen molar-refractivity contribution in [2.24, 2.45) is 0 Å². The zero-order valence-corrected chi connectivity index (χ0v) is 16.3. The number of rotatable bonds is 5. The molecule has 6 nitrogen and oxygen atoms in total. The van der Waals surface area contributed by atoms with Crippen molar-refractivity contribution < 1.29 is 4.79 Å². The highest BCUT2D eigenvalue weighted by molar-refractivity contribution is 6.31. The number of aromatic nitrogens is 4. The van der Waals surface area contributed by atoms with E-state index < -0.39 is 0 Å². The van der Waals surface area contributed by atoms with E-state index in [0.29, 0.717) is 22.3 Å². The van der Waals surface area contributed by atoms with Crippen molar-refractivity contribution in [3.8, 4) is 0 Å². The molecule has 1 amide bonds. The Morgan fingerprint density at radius 1 is 1.08 bits per heavy atom. The molecular formula is C18H19Cl2N5O. The van der Waals surface area contributed by atoms with E-state index >= 15 is 0 Å². The second kappa shape index (κ2) is 7.51. The highest BCUT2D eigenvalue weighted by Gasteiger charge is 2.15. The topological polar surface area (TPSA) is 64.7 Å². The minimum absolute atomic E-state index is 0.0921. The number of benzene rings is 1. The van der Waals surface area contributed by atoms with Crippen LogP contribution < -0.4 is 5.32 Å². The molecule has 0 spiro atoms. The number of amides is 1. The monoisotopic (exact) mass is 391 g/mol. The maximum absolute atomic E-state index is 12.3. The molecule has 0 aliphatic rings. The molecule has 0 aliphatic heterocycles. The molecule has 136 valence electrons. The predicted molar refractivity (Wildman–Crippen MR) is 103 cm³/mol. The summed E-state index contributed by atoms with van der Waals surface area (Å²) in [7, 11) is 0. The van der Waals surface area contributed by atoms with E-state index in [9.17, 15) is 4.79 Å². The second-order valence-corrected chi connectivity index (χ2v) is 6.98. The molecule has 0 unspecified atom stereocenters. The van der Waals surface area contributed by atoms with Gasteiger partial charge in [0, 0.05) is 11.2 Å². The van der Waals surface area contributed by atoms with Gasteiger partial charge in [-0.25, -0.2) is 0 Å². The highest BCUT2D eigenvalue weighted by atomic mass is 35.5. The van der Waals surface area contributed by atoms with E-state index in [2.05, 4.69) is 15.5 Å². The summed E-state index contributed by atoms with van der Waals surface area (Å²) in [5.74, 6) is -0.179. The number of carbonyl (C=O) groups is 1. The normalized spacial score (nSPS) is 11.0. The zero-order chi connectivity index (χ0) is 18.8. The average Bonchev–Trinajstić information content (AvgIpc) is 3.03. The number of halogens is 2. The molecule has 0 bridgehead atoms. The van der Waals surface area contributed by atoms with E-state index in [1.165, 1.54) is 4.68 Å². The van der Waals surface area contributed by atoms with Gasteiger partial charge in [-0.05, 0) is 38.5 Å². The van der Waals surface area contributed by atoms with Crippen molar-refractivity contribution in [1.29, 1.82) is 0 Å². The number of nitrogens with one attached hydrogen (secondary N) is 1. The summed E-state index contributed by atoms with van der Waals surface area (Å²) in [6.07, 6.45) is 1.64. The minimum Gasteiger partial charge on any atom is -0.321 e. The highest BCUT2D eigenvalue weighted by Crippen LogP contribution is 2.21. The van der Waals surface area contributed by atoms with Crippen LogP contribution in [0.25, 0.3) is 0 Å². The zero-order valence-electron chi connectivity index (χ0n) is 14.8. The van der Waals surface area contributed by atoms with Crippen molar-refractivity contribution >= 4 is 34.8 Å². The van der Waals surface area contributed by atoms with Crippen LogP contribution in [0.3, 0.4) is 0 Å². The Morgan fingerprint density at radius 3 is 2.38 bits per heavy atom. The fourth-order valence-corrected chi connectivity index (χ4v) is 2.97. The molecule has 1 aromatic carbocycles. The summed E-state index contributed by atoms with van der Waals surface area (Å²) in [5.41, 5.74) is 4.15. The summed E-state index contributed by atoms with van der Waals surface area (Å²) in [6.45, 7) is 6.30. The van der Waals surface area contributed by atoms with Crippen molar-refractivity contribution in [2.45, 2.75) is 33.9 Å². The summed E-state index contributed by atoms with van der Waals surface area (Å²) in [5, 5.41) is 12.9. The molecule has 0 fully saturated rings. The quantitative estimate of drug-likeness (QED) is 0.714. The maximum Gasteiger partial charge on any atom is 0.246 e. The van der Waals surface area contributed by atoms with Gasteiger partial charge in [-0.2, -0.15) is 10.2 Å². The second-order valence-electron chi connectivity index (χ2n) is 6.14. The molecular weight excluding hydrogens is 373 g/mol. The molecule has 3 aromatic rings. The van der Waals surface area contributed by atoms with Crippen LogP contribution in [0.2, 0.25) is 10.0 Å². The van der Waals surface area contributed by atoms with E-state index in [1.807, 2.05) is 42.8 Å². The molecule has 8 heteroatoms. The lowest BCUT2D eigenvalue weighted by atomic mass is 10.2. The van der Waals surface area contributed by atoms with Crippen molar-refractivity contribution in [3.05, 3.63) is 63.2 Å². The number of carbonyl (C=O) groups excluding carboxylic acids is 1. The van der Waals surface area contributed by atoms with Crippen LogP contribution in [0.4, 0.5) is 5.69 Å². The number of aryl methyl sites for hydroxylation is 2. The van der Waals surface area contributed by atoms with Gasteiger partial charge in [0.15, 0.2) is 0 Å². The average molecular weight is 392 g/mol. The van der Waals surface area contributed by atoms with E-state index in [0.717, 1.165) is 22.6 Å². The van der Waals surface area contributed by atoms with Crippen LogP contribution >= 0.6 is 23.2 Å². The fourth-order valence-electron chi connectivity index (χ4n) is 2.70. The van der Waals surface area contributed by atoms with Crippen LogP contribution in [0.1, 0.15) is 22.6 Å². The Morgan fingerprint density at radius 2 is 1.77 bits per heavy atom. The molecule has 26 heavy (non-hydrogen) atoms. The van der Waals surface area contributed by atoms with Gasteiger partial charge < -0.3 is 5.32 Å². The standard InChI is InChI=1S/C18H19Cl2N5O/c1-11-16(20)9-24(22-11)10-17(26)21-18-12(2)23-25(13(18)3)8-14-4-6-15(19)7-5-14/h4-7,9H,8,10H2,1-3H3,(H,21,26). The molecule has 0 atom stereocenters. The first-order valence-electron chi connectivity index (χ1n) is 8.11. The van der Waals surface area contributed by atoms with Crippen molar-refractivity contribution in [1.82, 2.24) is 19.6 Å². The SMILES string of the molecule is Cc1nn(CC(=O)Nc2c(C)nn(Cc3ccc(Cl)cc3)c2C)cc1Cl. The first-order chi connectivity index (χ1) is 12.3. The van der Waals surface area contributed by atoms with Crippen LogP contribution in [-0.2, 0) is 17.9 Å². The fraction of sp³-hybridized carbons (Fsp3) is 0.278. The van der Waals surface area contributed by atoms with Crippen LogP contribution in [0, 0.1) is 20.8 Å². The maximum atomic E-state index is 12.3. The van der Waals surface area contributed by atoms with Crippen molar-refractivity contribution in [2.75, 3.05) is 5.32 Å². The third kappa shape index (κ3) is 4.08. The first kappa shape index (κ1) is 18.5. The van der Waals surface area contributed by atoms with E-state index in [-0.39, 0.29) is 12.5 Å². The van der Waals surface area contributed by atoms with Crippen molar-refractivity contribution in [3.63, 3.8) is 0 Å². The largest absolute Gasteiger partial charge is 0.321 e. The number of hydrogen-bond acceptors (Lipinski definition) is 3. The molecule has 0 radical (unpaired) electrons. The molecule has 2 heterocycles. The summed E-state index contributed by atoms with van der Waals surface area (Å²) < 4.78 is 3.39. The third-order valence-electron chi connectivity index (χ3n) is 4.08. The Kier molecular flexibility index (Phi) is 5.34. The van der Waals surface area contributed by atoms with E-state index in [1.54, 1.807) is 13.1 Å². The molecule has 3 rings (SSSR count). The molecule has 2 aromatic heterocycles.